The van der Waals surface area contributed by atoms with Gasteiger partial charge in [-0.1, -0.05) is 24.3 Å². The van der Waals surface area contributed by atoms with Crippen molar-refractivity contribution in [2.75, 3.05) is 50.1 Å². The van der Waals surface area contributed by atoms with Crippen LogP contribution >= 0.6 is 0 Å². The van der Waals surface area contributed by atoms with Crippen LogP contribution in [0.2, 0.25) is 0 Å². The summed E-state index contributed by atoms with van der Waals surface area (Å²) in [4.78, 5) is 15.4. The van der Waals surface area contributed by atoms with E-state index in [-0.39, 0.29) is 33.5 Å². The highest BCUT2D eigenvalue weighted by atomic mass is 32.2. The molecule has 22 heteroatoms. The summed E-state index contributed by atoms with van der Waals surface area (Å²) in [5, 5.41) is 0. The van der Waals surface area contributed by atoms with Gasteiger partial charge in [0.25, 0.3) is 20.0 Å². The third-order valence-corrected chi connectivity index (χ3v) is 14.2. The maximum Gasteiger partial charge on any atom is 0.416 e. The van der Waals surface area contributed by atoms with E-state index in [4.69, 9.17) is 18.9 Å². The Hall–Kier alpha value is -6.36. The SMILES string of the molecule is COCCCc1cc(C(F)(F)F)ccc1[C@@H]1CCOc2cc(S(=O)(=O)Nc3ncccn3)ccc21.COCCCc1cc(C(F)(F)F)ccc1[C@H]1CCOc2cc(S(=O)(=O)Nc3ncccn3)ccc21. The van der Waals surface area contributed by atoms with Gasteiger partial charge in [0.05, 0.1) is 34.1 Å². The second kappa shape index (κ2) is 22.2. The van der Waals surface area contributed by atoms with Crippen LogP contribution in [0.5, 0.6) is 11.5 Å². The van der Waals surface area contributed by atoms with Gasteiger partial charge in [0.2, 0.25) is 11.9 Å². The van der Waals surface area contributed by atoms with Crippen molar-refractivity contribution in [1.82, 2.24) is 19.9 Å². The number of methoxy groups -OCH3 is 2. The first-order valence-corrected chi connectivity index (χ1v) is 24.9. The number of aromatic nitrogens is 4. The lowest BCUT2D eigenvalue weighted by atomic mass is 9.82. The molecule has 0 unspecified atom stereocenters. The summed E-state index contributed by atoms with van der Waals surface area (Å²) in [6, 6.07) is 19.8. The first kappa shape index (κ1) is 51.5. The van der Waals surface area contributed by atoms with Gasteiger partial charge >= 0.3 is 12.4 Å². The Morgan fingerprint density at radius 3 is 1.29 bits per heavy atom. The highest BCUT2D eigenvalue weighted by Crippen LogP contribution is 2.44. The van der Waals surface area contributed by atoms with Gasteiger partial charge in [0.1, 0.15) is 11.5 Å². The molecule has 2 aliphatic rings. The number of fused-ring (bicyclic) bond motifs is 2. The molecule has 0 saturated carbocycles. The molecule has 8 rings (SSSR count). The number of hydrogen-bond acceptors (Lipinski definition) is 12. The lowest BCUT2D eigenvalue weighted by Gasteiger charge is -2.29. The highest BCUT2D eigenvalue weighted by molar-refractivity contribution is 7.93. The van der Waals surface area contributed by atoms with Crippen molar-refractivity contribution in [2.24, 2.45) is 0 Å². The molecule has 4 aromatic carbocycles. The maximum absolute atomic E-state index is 13.4. The number of nitrogens with one attached hydrogen (secondary N) is 2. The van der Waals surface area contributed by atoms with Gasteiger partial charge in [-0.05, 0) is 109 Å². The number of anilines is 2. The van der Waals surface area contributed by atoms with Gasteiger partial charge in [-0.25, -0.2) is 46.2 Å². The van der Waals surface area contributed by atoms with E-state index >= 15 is 0 Å². The average Bonchev–Trinajstić information content (AvgIpc) is 3.33. The Balaban J connectivity index is 0.000000206. The second-order valence-electron chi connectivity index (χ2n) is 16.1. The summed E-state index contributed by atoms with van der Waals surface area (Å²) in [7, 11) is -4.84. The zero-order chi connectivity index (χ0) is 50.1. The lowest BCUT2D eigenvalue weighted by Crippen LogP contribution is -2.19. The Labute approximate surface area is 400 Å². The fourth-order valence-electron chi connectivity index (χ4n) is 8.27. The normalized spacial score (nSPS) is 15.8. The zero-order valence-electron chi connectivity index (χ0n) is 37.8. The van der Waals surface area contributed by atoms with E-state index in [0.29, 0.717) is 87.6 Å². The van der Waals surface area contributed by atoms with Crippen LogP contribution in [0.15, 0.2) is 120 Å². The van der Waals surface area contributed by atoms with E-state index in [1.165, 1.54) is 73.3 Å². The summed E-state index contributed by atoms with van der Waals surface area (Å²) < 4.78 is 158. The molecule has 0 aliphatic carbocycles. The van der Waals surface area contributed by atoms with E-state index in [0.717, 1.165) is 34.4 Å². The lowest BCUT2D eigenvalue weighted by molar-refractivity contribution is -0.138. The van der Waals surface area contributed by atoms with Crippen LogP contribution in [0, 0.1) is 0 Å². The van der Waals surface area contributed by atoms with Crippen molar-refractivity contribution in [3.05, 3.63) is 154 Å². The van der Waals surface area contributed by atoms with Crippen LogP contribution < -0.4 is 18.9 Å². The summed E-state index contributed by atoms with van der Waals surface area (Å²) >= 11 is 0. The van der Waals surface area contributed by atoms with Crippen LogP contribution in [0.4, 0.5) is 38.2 Å². The van der Waals surface area contributed by atoms with E-state index in [2.05, 4.69) is 29.4 Å². The number of nitrogens with zero attached hydrogens (tertiary/aromatic N) is 4. The van der Waals surface area contributed by atoms with Crippen LogP contribution in [-0.4, -0.2) is 77.4 Å². The fourth-order valence-corrected chi connectivity index (χ4v) is 10.2. The molecule has 2 aliphatic heterocycles. The molecular formula is C48H48F6N6O8S2. The summed E-state index contributed by atoms with van der Waals surface area (Å²) in [5.41, 5.74) is 2.77. The van der Waals surface area contributed by atoms with Crippen LogP contribution in [-0.2, 0) is 54.7 Å². The van der Waals surface area contributed by atoms with Crippen molar-refractivity contribution in [2.45, 2.75) is 72.5 Å². The number of benzene rings is 4. The molecule has 0 radical (unpaired) electrons. The van der Waals surface area contributed by atoms with Crippen LogP contribution in [0.1, 0.15) is 82.0 Å². The number of aryl methyl sites for hydroxylation is 2. The highest BCUT2D eigenvalue weighted by Gasteiger charge is 2.35. The Morgan fingerprint density at radius 1 is 0.557 bits per heavy atom. The number of alkyl halides is 6. The van der Waals surface area contributed by atoms with Gasteiger partial charge in [0, 0.05) is 87.3 Å². The number of rotatable bonds is 16. The average molecular weight is 1020 g/mol. The van der Waals surface area contributed by atoms with Crippen molar-refractivity contribution in [3.8, 4) is 11.5 Å². The van der Waals surface area contributed by atoms with Crippen LogP contribution in [0.25, 0.3) is 0 Å². The Kier molecular flexibility index (Phi) is 16.3. The molecule has 4 heterocycles. The quantitative estimate of drug-likeness (QED) is 0.0694. The van der Waals surface area contributed by atoms with E-state index in [9.17, 15) is 43.2 Å². The largest absolute Gasteiger partial charge is 0.493 e. The molecule has 70 heavy (non-hydrogen) atoms. The number of hydrogen-bond donors (Lipinski definition) is 2. The van der Waals surface area contributed by atoms with Gasteiger partial charge in [-0.15, -0.1) is 0 Å². The molecule has 2 atom stereocenters. The molecule has 0 bridgehead atoms. The van der Waals surface area contributed by atoms with Gasteiger partial charge in [0.15, 0.2) is 0 Å². The second-order valence-corrected chi connectivity index (χ2v) is 19.5. The standard InChI is InChI=1S/2C24H24F3N3O4S/c2*1-33-12-2-4-16-14-17(24(25,26)27)5-7-19(16)20-9-13-34-22-15-18(6-8-21(20)22)35(31,32)30-23-28-10-3-11-29-23/h2*3,5-8,10-11,14-15,20H,2,4,9,12-13H2,1H3,(H,28,29,30)/t2*20-/m10/s1. The van der Waals surface area contributed by atoms with Gasteiger partial charge < -0.3 is 18.9 Å². The minimum absolute atomic E-state index is 0.0305. The third kappa shape index (κ3) is 12.7. The first-order chi connectivity index (χ1) is 33.4. The van der Waals surface area contributed by atoms with Crippen LogP contribution in [0.3, 0.4) is 0 Å². The smallest absolute Gasteiger partial charge is 0.416 e. The predicted molar refractivity (Wildman–Crippen MR) is 246 cm³/mol. The molecule has 0 spiro atoms. The predicted octanol–water partition coefficient (Wildman–Crippen LogP) is 9.58. The molecule has 0 fully saturated rings. The minimum Gasteiger partial charge on any atom is -0.493 e. The third-order valence-electron chi connectivity index (χ3n) is 11.5. The summed E-state index contributed by atoms with van der Waals surface area (Å²) in [6.07, 6.45) is -0.118. The topological polar surface area (TPSA) is 181 Å². The summed E-state index contributed by atoms with van der Waals surface area (Å²) in [5.74, 6) is 0.159. The van der Waals surface area contributed by atoms with Crippen molar-refractivity contribution >= 4 is 31.9 Å². The van der Waals surface area contributed by atoms with E-state index in [1.54, 1.807) is 38.5 Å². The monoisotopic (exact) mass is 1010 g/mol. The Bertz CT molecular complexity index is 2770. The molecule has 2 N–H and O–H groups in total. The summed E-state index contributed by atoms with van der Waals surface area (Å²) in [6.45, 7) is 1.46. The molecule has 0 amide bonds. The van der Waals surface area contributed by atoms with Crippen molar-refractivity contribution < 1.29 is 62.1 Å². The molecule has 0 saturated heterocycles. The molecule has 14 nitrogen and oxygen atoms in total. The van der Waals surface area contributed by atoms with Gasteiger partial charge in [-0.3, -0.25) is 0 Å². The number of sulfonamides is 2. The zero-order valence-corrected chi connectivity index (χ0v) is 39.4. The molecule has 372 valence electrons. The van der Waals surface area contributed by atoms with Gasteiger partial charge in [-0.2, -0.15) is 26.3 Å². The molecular weight excluding hydrogens is 967 g/mol. The van der Waals surface area contributed by atoms with E-state index in [1.807, 2.05) is 0 Å². The number of halogens is 6. The minimum atomic E-state index is -4.44. The molecule has 2 aromatic heterocycles. The maximum atomic E-state index is 13.4. The first-order valence-electron chi connectivity index (χ1n) is 21.9. The van der Waals surface area contributed by atoms with Crippen molar-refractivity contribution in [1.29, 1.82) is 0 Å². The van der Waals surface area contributed by atoms with E-state index < -0.39 is 43.5 Å². The van der Waals surface area contributed by atoms with Crippen molar-refractivity contribution in [3.63, 3.8) is 0 Å². The number of ether oxygens (including phenoxy) is 4. The Morgan fingerprint density at radius 2 is 0.929 bits per heavy atom. The fraction of sp³-hybridized carbons (Fsp3) is 0.333. The molecule has 6 aromatic rings.